The Morgan fingerprint density at radius 3 is 2.76 bits per heavy atom. The van der Waals surface area contributed by atoms with Crippen LogP contribution in [0.25, 0.3) is 0 Å². The van der Waals surface area contributed by atoms with Gasteiger partial charge in [-0.3, -0.25) is 9.00 Å². The Morgan fingerprint density at radius 2 is 2.14 bits per heavy atom. The van der Waals surface area contributed by atoms with E-state index < -0.39 is 10.8 Å². The summed E-state index contributed by atoms with van der Waals surface area (Å²) >= 11 is 0. The first-order chi connectivity index (χ1) is 9.93. The second-order valence-electron chi connectivity index (χ2n) is 4.95. The van der Waals surface area contributed by atoms with Crippen LogP contribution in [0, 0.1) is 18.8 Å². The van der Waals surface area contributed by atoms with E-state index in [9.17, 15) is 9.00 Å². The highest BCUT2D eigenvalue weighted by Gasteiger charge is 2.09. The number of nitrogens with two attached hydrogens (primary N) is 1. The molecule has 4 nitrogen and oxygen atoms in total. The van der Waals surface area contributed by atoms with Gasteiger partial charge < -0.3 is 11.1 Å². The number of amides is 1. The maximum atomic E-state index is 12.1. The number of rotatable bonds is 5. The van der Waals surface area contributed by atoms with E-state index in [0.29, 0.717) is 25.1 Å². The van der Waals surface area contributed by atoms with Crippen molar-refractivity contribution in [3.63, 3.8) is 0 Å². The largest absolute Gasteiger partial charge is 0.352 e. The second-order valence-corrected chi connectivity index (χ2v) is 6.75. The SMILES string of the molecule is Cc1cc(C#CCN)cc(C(=O)NCCC(C)S(C)=O)c1. The highest BCUT2D eigenvalue weighted by Crippen LogP contribution is 2.09. The summed E-state index contributed by atoms with van der Waals surface area (Å²) in [6.45, 7) is 4.64. The van der Waals surface area contributed by atoms with Crippen LogP contribution in [0.2, 0.25) is 0 Å². The summed E-state index contributed by atoms with van der Waals surface area (Å²) in [5.74, 6) is 5.58. The van der Waals surface area contributed by atoms with Gasteiger partial charge in [-0.2, -0.15) is 0 Å². The maximum absolute atomic E-state index is 12.1. The Bertz CT molecular complexity index is 588. The van der Waals surface area contributed by atoms with E-state index in [1.54, 1.807) is 12.3 Å². The molecule has 1 rings (SSSR count). The number of aryl methyl sites for hydroxylation is 1. The van der Waals surface area contributed by atoms with E-state index in [2.05, 4.69) is 17.2 Å². The van der Waals surface area contributed by atoms with Gasteiger partial charge in [-0.1, -0.05) is 18.8 Å². The van der Waals surface area contributed by atoms with Crippen molar-refractivity contribution in [3.05, 3.63) is 34.9 Å². The van der Waals surface area contributed by atoms with Crippen molar-refractivity contribution in [1.29, 1.82) is 0 Å². The summed E-state index contributed by atoms with van der Waals surface area (Å²) in [6.07, 6.45) is 2.37. The highest BCUT2D eigenvalue weighted by atomic mass is 32.2. The molecule has 0 radical (unpaired) electrons. The van der Waals surface area contributed by atoms with E-state index in [1.165, 1.54) is 0 Å². The van der Waals surface area contributed by atoms with Crippen LogP contribution in [-0.2, 0) is 10.8 Å². The minimum atomic E-state index is -0.862. The predicted octanol–water partition coefficient (Wildman–Crippen LogP) is 1.19. The van der Waals surface area contributed by atoms with Crippen molar-refractivity contribution in [1.82, 2.24) is 5.32 Å². The zero-order valence-electron chi connectivity index (χ0n) is 12.7. The smallest absolute Gasteiger partial charge is 0.251 e. The van der Waals surface area contributed by atoms with E-state index in [4.69, 9.17) is 5.73 Å². The molecule has 0 aliphatic heterocycles. The van der Waals surface area contributed by atoms with Crippen LogP contribution in [0.3, 0.4) is 0 Å². The normalized spacial score (nSPS) is 13.0. The van der Waals surface area contributed by atoms with Gasteiger partial charge in [0.15, 0.2) is 0 Å². The molecule has 114 valence electrons. The van der Waals surface area contributed by atoms with E-state index in [-0.39, 0.29) is 11.2 Å². The number of carbonyl (C=O) groups excluding carboxylic acids is 1. The third-order valence-electron chi connectivity index (χ3n) is 3.08. The molecule has 0 aromatic heterocycles. The monoisotopic (exact) mass is 306 g/mol. The molecule has 2 atom stereocenters. The molecular formula is C16H22N2O2S. The molecule has 0 fully saturated rings. The number of nitrogens with one attached hydrogen (secondary N) is 1. The summed E-state index contributed by atoms with van der Waals surface area (Å²) in [7, 11) is -0.862. The molecule has 0 bridgehead atoms. The van der Waals surface area contributed by atoms with Crippen molar-refractivity contribution < 1.29 is 9.00 Å². The minimum Gasteiger partial charge on any atom is -0.352 e. The maximum Gasteiger partial charge on any atom is 0.251 e. The van der Waals surface area contributed by atoms with Gasteiger partial charge in [0.1, 0.15) is 0 Å². The molecule has 0 saturated carbocycles. The first kappa shape index (κ1) is 17.4. The van der Waals surface area contributed by atoms with Gasteiger partial charge in [-0.15, -0.1) is 0 Å². The number of carbonyl (C=O) groups is 1. The fourth-order valence-electron chi connectivity index (χ4n) is 1.80. The minimum absolute atomic E-state index is 0.0776. The first-order valence-corrected chi connectivity index (χ1v) is 8.47. The Labute approximate surface area is 129 Å². The predicted molar refractivity (Wildman–Crippen MR) is 87.6 cm³/mol. The molecule has 21 heavy (non-hydrogen) atoms. The number of benzene rings is 1. The van der Waals surface area contributed by atoms with Gasteiger partial charge in [-0.05, 0) is 37.1 Å². The average molecular weight is 306 g/mol. The lowest BCUT2D eigenvalue weighted by atomic mass is 10.1. The zero-order valence-corrected chi connectivity index (χ0v) is 13.5. The fraction of sp³-hybridized carbons (Fsp3) is 0.438. The Kier molecular flexibility index (Phi) is 7.13. The summed E-state index contributed by atoms with van der Waals surface area (Å²) in [5.41, 5.74) is 7.70. The van der Waals surface area contributed by atoms with Gasteiger partial charge in [0, 0.05) is 40.0 Å². The molecule has 5 heteroatoms. The second kappa shape index (κ2) is 8.60. The fourth-order valence-corrected chi connectivity index (χ4v) is 2.25. The zero-order chi connectivity index (χ0) is 15.8. The molecule has 0 aliphatic rings. The molecule has 3 N–H and O–H groups in total. The molecule has 2 unspecified atom stereocenters. The van der Waals surface area contributed by atoms with Gasteiger partial charge in [0.05, 0.1) is 6.54 Å². The quantitative estimate of drug-likeness (QED) is 0.803. The van der Waals surface area contributed by atoms with Crippen LogP contribution in [-0.4, -0.2) is 34.7 Å². The average Bonchev–Trinajstić information content (AvgIpc) is 2.44. The first-order valence-electron chi connectivity index (χ1n) is 6.85. The number of hydrogen-bond donors (Lipinski definition) is 2. The van der Waals surface area contributed by atoms with Crippen molar-refractivity contribution in [2.24, 2.45) is 5.73 Å². The summed E-state index contributed by atoms with van der Waals surface area (Å²) < 4.78 is 11.3. The Morgan fingerprint density at radius 1 is 1.43 bits per heavy atom. The highest BCUT2D eigenvalue weighted by molar-refractivity contribution is 7.84. The summed E-state index contributed by atoms with van der Waals surface area (Å²) in [5, 5.41) is 2.93. The van der Waals surface area contributed by atoms with Crippen LogP contribution in [0.4, 0.5) is 0 Å². The molecule has 1 aromatic carbocycles. The molecule has 1 aromatic rings. The van der Waals surface area contributed by atoms with Crippen LogP contribution in [0.5, 0.6) is 0 Å². The van der Waals surface area contributed by atoms with Gasteiger partial charge in [0.2, 0.25) is 0 Å². The van der Waals surface area contributed by atoms with Crippen molar-refractivity contribution in [3.8, 4) is 11.8 Å². The molecular weight excluding hydrogens is 284 g/mol. The van der Waals surface area contributed by atoms with Crippen molar-refractivity contribution in [2.75, 3.05) is 19.3 Å². The van der Waals surface area contributed by atoms with E-state index in [1.807, 2.05) is 26.0 Å². The van der Waals surface area contributed by atoms with Crippen LogP contribution in [0.15, 0.2) is 18.2 Å². The Hall–Kier alpha value is -1.64. The standard InChI is InChI=1S/C16H22N2O2S/c1-12-9-14(5-4-7-17)11-15(10-12)16(19)18-8-6-13(2)21(3)20/h9-11,13H,6-8,17H2,1-3H3,(H,18,19). The molecule has 0 heterocycles. The molecule has 0 aliphatic carbocycles. The lowest BCUT2D eigenvalue weighted by Crippen LogP contribution is -2.27. The molecule has 1 amide bonds. The lowest BCUT2D eigenvalue weighted by molar-refractivity contribution is 0.0953. The van der Waals surface area contributed by atoms with Crippen molar-refractivity contribution >= 4 is 16.7 Å². The molecule has 0 spiro atoms. The molecule has 0 saturated heterocycles. The van der Waals surface area contributed by atoms with Gasteiger partial charge in [-0.25, -0.2) is 0 Å². The van der Waals surface area contributed by atoms with Crippen molar-refractivity contribution in [2.45, 2.75) is 25.5 Å². The summed E-state index contributed by atoms with van der Waals surface area (Å²) in [6, 6.07) is 5.50. The van der Waals surface area contributed by atoms with E-state index in [0.717, 1.165) is 11.1 Å². The van der Waals surface area contributed by atoms with Gasteiger partial charge in [0.25, 0.3) is 5.91 Å². The topological polar surface area (TPSA) is 72.2 Å². The van der Waals surface area contributed by atoms with Crippen LogP contribution in [0.1, 0.15) is 34.8 Å². The van der Waals surface area contributed by atoms with Crippen LogP contribution < -0.4 is 11.1 Å². The third-order valence-corrected chi connectivity index (χ3v) is 4.45. The Balaban J connectivity index is 2.69. The third kappa shape index (κ3) is 6.11. The van der Waals surface area contributed by atoms with E-state index >= 15 is 0 Å². The lowest BCUT2D eigenvalue weighted by Gasteiger charge is -2.10. The number of hydrogen-bond acceptors (Lipinski definition) is 3. The summed E-state index contributed by atoms with van der Waals surface area (Å²) in [4.78, 5) is 12.1. The van der Waals surface area contributed by atoms with Crippen LogP contribution >= 0.6 is 0 Å². The van der Waals surface area contributed by atoms with Gasteiger partial charge >= 0.3 is 0 Å².